The number of ether oxygens (including phenoxy) is 1. The summed E-state index contributed by atoms with van der Waals surface area (Å²) in [6.45, 7) is 2.29. The first-order valence-corrected chi connectivity index (χ1v) is 6.02. The van der Waals surface area contributed by atoms with Gasteiger partial charge in [-0.25, -0.2) is 4.79 Å². The molecule has 0 saturated carbocycles. The molecule has 118 valence electrons. The smallest absolute Gasteiger partial charge is 0.416 e. The molecule has 0 N–H and O–H groups in total. The van der Waals surface area contributed by atoms with Crippen LogP contribution in [-0.2, 0) is 21.1 Å². The van der Waals surface area contributed by atoms with Crippen LogP contribution in [0.3, 0.4) is 0 Å². The summed E-state index contributed by atoms with van der Waals surface area (Å²) in [5.41, 5.74) is -5.12. The third-order valence-corrected chi connectivity index (χ3v) is 2.97. The molecule has 1 aromatic rings. The van der Waals surface area contributed by atoms with Crippen molar-refractivity contribution >= 4 is 11.7 Å². The molecule has 9 heteroatoms. The Balaban J connectivity index is 3.61. The van der Waals surface area contributed by atoms with E-state index in [0.717, 1.165) is 19.1 Å². The van der Waals surface area contributed by atoms with E-state index in [1.807, 2.05) is 0 Å². The van der Waals surface area contributed by atoms with Crippen molar-refractivity contribution in [2.75, 3.05) is 6.61 Å². The second kappa shape index (κ2) is 6.01. The highest BCUT2D eigenvalue weighted by Gasteiger charge is 2.45. The molecule has 22 heavy (non-hydrogen) atoms. The van der Waals surface area contributed by atoms with Gasteiger partial charge in [-0.05, 0) is 25.5 Å². The molecule has 0 aliphatic carbocycles. The molecular weight excluding hydrogens is 305 g/mol. The molecule has 1 atom stereocenters. The fourth-order valence-electron chi connectivity index (χ4n) is 1.81. The molecule has 0 amide bonds. The SMILES string of the molecule is CCOC(=O)C(C)(C#N)c1ccc([N+](=O)[O-])cc1C(F)(F)F. The average Bonchev–Trinajstić information content (AvgIpc) is 2.45. The van der Waals surface area contributed by atoms with Gasteiger partial charge in [0.05, 0.1) is 23.2 Å². The minimum absolute atomic E-state index is 0.121. The Bertz CT molecular complexity index is 652. The second-order valence-electron chi connectivity index (χ2n) is 4.44. The van der Waals surface area contributed by atoms with Gasteiger partial charge < -0.3 is 4.74 Å². The molecule has 0 radical (unpaired) electrons. The zero-order chi connectivity index (χ0) is 17.1. The summed E-state index contributed by atoms with van der Waals surface area (Å²) < 4.78 is 44.0. The van der Waals surface area contributed by atoms with Crippen molar-refractivity contribution in [2.24, 2.45) is 0 Å². The summed E-state index contributed by atoms with van der Waals surface area (Å²) in [7, 11) is 0. The van der Waals surface area contributed by atoms with Gasteiger partial charge in [0.1, 0.15) is 0 Å². The van der Waals surface area contributed by atoms with Crippen molar-refractivity contribution in [3.05, 3.63) is 39.4 Å². The number of carbonyl (C=O) groups excluding carboxylic acids is 1. The number of esters is 1. The lowest BCUT2D eigenvalue weighted by Gasteiger charge is -2.23. The van der Waals surface area contributed by atoms with Gasteiger partial charge in [0.2, 0.25) is 0 Å². The first kappa shape index (κ1) is 17.4. The van der Waals surface area contributed by atoms with Crippen LogP contribution >= 0.6 is 0 Å². The summed E-state index contributed by atoms with van der Waals surface area (Å²) in [4.78, 5) is 21.5. The van der Waals surface area contributed by atoms with E-state index in [0.29, 0.717) is 6.07 Å². The molecule has 1 aromatic carbocycles. The maximum Gasteiger partial charge on any atom is 0.416 e. The van der Waals surface area contributed by atoms with E-state index in [1.54, 1.807) is 0 Å². The second-order valence-corrected chi connectivity index (χ2v) is 4.44. The molecule has 0 fully saturated rings. The molecule has 0 aliphatic heterocycles. The van der Waals surface area contributed by atoms with Crippen LogP contribution in [0, 0.1) is 21.4 Å². The molecule has 0 aliphatic rings. The van der Waals surface area contributed by atoms with Crippen molar-refractivity contribution in [3.8, 4) is 6.07 Å². The van der Waals surface area contributed by atoms with Crippen LogP contribution in [0.2, 0.25) is 0 Å². The Morgan fingerprint density at radius 2 is 2.00 bits per heavy atom. The van der Waals surface area contributed by atoms with Crippen LogP contribution in [0.4, 0.5) is 18.9 Å². The van der Waals surface area contributed by atoms with Crippen molar-refractivity contribution in [1.29, 1.82) is 5.26 Å². The van der Waals surface area contributed by atoms with Gasteiger partial charge in [-0.3, -0.25) is 10.1 Å². The lowest BCUT2D eigenvalue weighted by molar-refractivity contribution is -0.385. The molecule has 6 nitrogen and oxygen atoms in total. The zero-order valence-corrected chi connectivity index (χ0v) is 11.6. The Kier molecular flexibility index (Phi) is 4.76. The van der Waals surface area contributed by atoms with E-state index >= 15 is 0 Å². The standard InChI is InChI=1S/C13H11F3N2O4/c1-3-22-11(19)12(2,7-17)9-5-4-8(18(20)21)6-10(9)13(14,15)16/h4-6H,3H2,1-2H3. The summed E-state index contributed by atoms with van der Waals surface area (Å²) >= 11 is 0. The van der Waals surface area contributed by atoms with Gasteiger partial charge in [-0.2, -0.15) is 18.4 Å². The largest absolute Gasteiger partial charge is 0.465 e. The normalized spacial score (nSPS) is 13.8. The van der Waals surface area contributed by atoms with Crippen LogP contribution in [0.5, 0.6) is 0 Å². The Morgan fingerprint density at radius 1 is 1.41 bits per heavy atom. The number of nitriles is 1. The van der Waals surface area contributed by atoms with Crippen LogP contribution in [0.25, 0.3) is 0 Å². The maximum atomic E-state index is 13.1. The minimum Gasteiger partial charge on any atom is -0.465 e. The number of alkyl halides is 3. The molecule has 0 spiro atoms. The van der Waals surface area contributed by atoms with Gasteiger partial charge >= 0.3 is 12.1 Å². The van der Waals surface area contributed by atoms with Crippen LogP contribution in [-0.4, -0.2) is 17.5 Å². The summed E-state index contributed by atoms with van der Waals surface area (Å²) in [6, 6.07) is 3.35. The number of carbonyl (C=O) groups is 1. The topological polar surface area (TPSA) is 93.2 Å². The van der Waals surface area contributed by atoms with Gasteiger partial charge in [0, 0.05) is 12.1 Å². The molecule has 0 bridgehead atoms. The van der Waals surface area contributed by atoms with E-state index in [2.05, 4.69) is 4.74 Å². The highest BCUT2D eigenvalue weighted by atomic mass is 19.4. The van der Waals surface area contributed by atoms with Crippen LogP contribution < -0.4 is 0 Å². The number of hydrogen-bond acceptors (Lipinski definition) is 5. The summed E-state index contributed by atoms with van der Waals surface area (Å²) in [6.07, 6.45) is -4.97. The van der Waals surface area contributed by atoms with Crippen molar-refractivity contribution in [1.82, 2.24) is 0 Å². The first-order valence-electron chi connectivity index (χ1n) is 6.02. The Hall–Kier alpha value is -2.63. The lowest BCUT2D eigenvalue weighted by atomic mass is 9.80. The molecule has 1 rings (SSSR count). The highest BCUT2D eigenvalue weighted by Crippen LogP contribution is 2.39. The quantitative estimate of drug-likeness (QED) is 0.483. The number of rotatable bonds is 4. The summed E-state index contributed by atoms with van der Waals surface area (Å²) in [5.74, 6) is -1.16. The number of benzene rings is 1. The number of halogens is 3. The maximum absolute atomic E-state index is 13.1. The molecule has 1 unspecified atom stereocenters. The average molecular weight is 316 g/mol. The Morgan fingerprint density at radius 3 is 2.41 bits per heavy atom. The molecule has 0 aromatic heterocycles. The van der Waals surface area contributed by atoms with Crippen LogP contribution in [0.1, 0.15) is 25.0 Å². The van der Waals surface area contributed by atoms with Crippen molar-refractivity contribution < 1.29 is 27.6 Å². The fourth-order valence-corrected chi connectivity index (χ4v) is 1.81. The lowest BCUT2D eigenvalue weighted by Crippen LogP contribution is -2.35. The van der Waals surface area contributed by atoms with E-state index in [1.165, 1.54) is 13.0 Å². The van der Waals surface area contributed by atoms with Crippen molar-refractivity contribution in [3.63, 3.8) is 0 Å². The Labute approximate surface area is 123 Å². The molecule has 0 heterocycles. The first-order chi connectivity index (χ1) is 10.1. The van der Waals surface area contributed by atoms with Gasteiger partial charge in [-0.1, -0.05) is 0 Å². The van der Waals surface area contributed by atoms with E-state index in [-0.39, 0.29) is 6.61 Å². The number of nitrogens with zero attached hydrogens (tertiary/aromatic N) is 2. The van der Waals surface area contributed by atoms with E-state index < -0.39 is 39.3 Å². The molecular formula is C13H11F3N2O4. The monoisotopic (exact) mass is 316 g/mol. The van der Waals surface area contributed by atoms with E-state index in [9.17, 15) is 28.1 Å². The summed E-state index contributed by atoms with van der Waals surface area (Å²) in [5, 5.41) is 19.8. The predicted molar refractivity (Wildman–Crippen MR) is 67.7 cm³/mol. The van der Waals surface area contributed by atoms with E-state index in [4.69, 9.17) is 5.26 Å². The van der Waals surface area contributed by atoms with Crippen LogP contribution in [0.15, 0.2) is 18.2 Å². The number of hydrogen-bond donors (Lipinski definition) is 0. The molecule has 0 saturated heterocycles. The van der Waals surface area contributed by atoms with Gasteiger partial charge in [0.15, 0.2) is 5.41 Å². The number of non-ortho nitro benzene ring substituents is 1. The number of nitro benzene ring substituents is 1. The van der Waals surface area contributed by atoms with Crippen molar-refractivity contribution in [2.45, 2.75) is 25.4 Å². The third-order valence-electron chi connectivity index (χ3n) is 2.97. The zero-order valence-electron chi connectivity index (χ0n) is 11.6. The minimum atomic E-state index is -4.97. The number of nitro groups is 1. The predicted octanol–water partition coefficient (Wildman–Crippen LogP) is 2.96. The highest BCUT2D eigenvalue weighted by molar-refractivity contribution is 5.87. The fraction of sp³-hybridized carbons (Fsp3) is 0.385. The van der Waals surface area contributed by atoms with Gasteiger partial charge in [-0.15, -0.1) is 0 Å². The van der Waals surface area contributed by atoms with Gasteiger partial charge in [0.25, 0.3) is 5.69 Å². The third kappa shape index (κ3) is 3.16.